The number of carbonyl (C=O) groups excluding carboxylic acids is 1. The van der Waals surface area contributed by atoms with Crippen LogP contribution in [0, 0.1) is 5.41 Å². The van der Waals surface area contributed by atoms with Gasteiger partial charge in [0.25, 0.3) is 0 Å². The van der Waals surface area contributed by atoms with E-state index in [1.54, 1.807) is 0 Å². The van der Waals surface area contributed by atoms with Gasteiger partial charge in [-0.05, 0) is 24.3 Å². The molecular weight excluding hydrogens is 224 g/mol. The van der Waals surface area contributed by atoms with Gasteiger partial charge in [-0.3, -0.25) is 10.1 Å². The highest BCUT2D eigenvalue weighted by Crippen LogP contribution is 2.22. The predicted octanol–water partition coefficient (Wildman–Crippen LogP) is 2.63. The maximum atomic E-state index is 11.5. The van der Waals surface area contributed by atoms with Crippen molar-refractivity contribution in [2.24, 2.45) is 11.1 Å². The van der Waals surface area contributed by atoms with Gasteiger partial charge in [0.05, 0.1) is 6.04 Å². The molecule has 100 valence electrons. The molecule has 0 aliphatic carbocycles. The van der Waals surface area contributed by atoms with E-state index in [4.69, 9.17) is 5.73 Å². The molecule has 1 amide bonds. The summed E-state index contributed by atoms with van der Waals surface area (Å²) in [6.45, 7) is 8.38. The third kappa shape index (κ3) is 4.88. The minimum Gasteiger partial charge on any atom is -0.368 e. The van der Waals surface area contributed by atoms with Gasteiger partial charge in [0, 0.05) is 6.04 Å². The fraction of sp³-hybridized carbons (Fsp3) is 0.533. The number of rotatable bonds is 5. The van der Waals surface area contributed by atoms with E-state index in [0.717, 1.165) is 12.0 Å². The topological polar surface area (TPSA) is 55.1 Å². The van der Waals surface area contributed by atoms with Crippen molar-refractivity contribution in [3.63, 3.8) is 0 Å². The van der Waals surface area contributed by atoms with Gasteiger partial charge in [0.2, 0.25) is 5.91 Å². The lowest BCUT2D eigenvalue weighted by Gasteiger charge is -2.27. The Morgan fingerprint density at radius 1 is 1.28 bits per heavy atom. The van der Waals surface area contributed by atoms with Crippen LogP contribution in [-0.2, 0) is 4.79 Å². The second kappa shape index (κ2) is 6.01. The average Bonchev–Trinajstić information content (AvgIpc) is 2.27. The van der Waals surface area contributed by atoms with Gasteiger partial charge >= 0.3 is 0 Å². The van der Waals surface area contributed by atoms with Crippen molar-refractivity contribution in [3.8, 4) is 0 Å². The van der Waals surface area contributed by atoms with E-state index in [1.165, 1.54) is 0 Å². The van der Waals surface area contributed by atoms with Crippen LogP contribution in [0.4, 0.5) is 0 Å². The standard InChI is InChI=1S/C15H24N2O/c1-11(12-8-6-5-7-9-12)17-13(14(16)18)10-15(2,3)4/h5-9,11,13,17H,10H2,1-4H3,(H2,16,18)/t11-,13?/m1/s1. The molecule has 1 aromatic rings. The molecule has 1 unspecified atom stereocenters. The lowest BCUT2D eigenvalue weighted by molar-refractivity contribution is -0.120. The number of primary amides is 1. The summed E-state index contributed by atoms with van der Waals surface area (Å²) in [5.74, 6) is -0.285. The summed E-state index contributed by atoms with van der Waals surface area (Å²) < 4.78 is 0. The fourth-order valence-electron chi connectivity index (χ4n) is 1.99. The molecular formula is C15H24N2O. The van der Waals surface area contributed by atoms with Crippen LogP contribution in [0.5, 0.6) is 0 Å². The maximum absolute atomic E-state index is 11.5. The number of hydrogen-bond donors (Lipinski definition) is 2. The monoisotopic (exact) mass is 248 g/mol. The summed E-state index contributed by atoms with van der Waals surface area (Å²) in [5, 5.41) is 3.31. The highest BCUT2D eigenvalue weighted by molar-refractivity contribution is 5.79. The molecule has 1 aromatic carbocycles. The molecule has 0 aliphatic heterocycles. The molecule has 2 atom stereocenters. The molecule has 0 saturated heterocycles. The smallest absolute Gasteiger partial charge is 0.234 e. The molecule has 0 saturated carbocycles. The molecule has 1 rings (SSSR count). The van der Waals surface area contributed by atoms with Crippen LogP contribution < -0.4 is 11.1 Å². The molecule has 3 N–H and O–H groups in total. The molecule has 0 bridgehead atoms. The first-order chi connectivity index (χ1) is 8.29. The van der Waals surface area contributed by atoms with E-state index in [-0.39, 0.29) is 23.4 Å². The molecule has 18 heavy (non-hydrogen) atoms. The number of nitrogens with two attached hydrogens (primary N) is 1. The second-order valence-electron chi connectivity index (χ2n) is 6.02. The fourth-order valence-corrected chi connectivity index (χ4v) is 1.99. The zero-order valence-corrected chi connectivity index (χ0v) is 11.7. The van der Waals surface area contributed by atoms with Gasteiger partial charge in [-0.2, -0.15) is 0 Å². The van der Waals surface area contributed by atoms with Crippen LogP contribution in [-0.4, -0.2) is 11.9 Å². The predicted molar refractivity (Wildman–Crippen MR) is 75.0 cm³/mol. The summed E-state index contributed by atoms with van der Waals surface area (Å²) in [7, 11) is 0. The average molecular weight is 248 g/mol. The van der Waals surface area contributed by atoms with Gasteiger partial charge in [0.1, 0.15) is 0 Å². The number of nitrogens with one attached hydrogen (secondary N) is 1. The van der Waals surface area contributed by atoms with Crippen molar-refractivity contribution < 1.29 is 4.79 Å². The highest BCUT2D eigenvalue weighted by Gasteiger charge is 2.24. The number of amides is 1. The van der Waals surface area contributed by atoms with Gasteiger partial charge in [-0.25, -0.2) is 0 Å². The zero-order chi connectivity index (χ0) is 13.8. The Morgan fingerprint density at radius 2 is 1.83 bits per heavy atom. The van der Waals surface area contributed by atoms with Crippen LogP contribution in [0.1, 0.15) is 45.7 Å². The van der Waals surface area contributed by atoms with Crippen LogP contribution in [0.15, 0.2) is 30.3 Å². The lowest BCUT2D eigenvalue weighted by atomic mass is 9.87. The summed E-state index contributed by atoms with van der Waals surface area (Å²) >= 11 is 0. The van der Waals surface area contributed by atoms with E-state index in [0.29, 0.717) is 0 Å². The lowest BCUT2D eigenvalue weighted by Crippen LogP contribution is -2.44. The summed E-state index contributed by atoms with van der Waals surface area (Å²) in [4.78, 5) is 11.5. The molecule has 0 aliphatic rings. The molecule has 0 fully saturated rings. The van der Waals surface area contributed by atoms with E-state index in [1.807, 2.05) is 37.3 Å². The second-order valence-corrected chi connectivity index (χ2v) is 6.02. The maximum Gasteiger partial charge on any atom is 0.234 e. The normalized spacial score (nSPS) is 15.1. The van der Waals surface area contributed by atoms with E-state index in [9.17, 15) is 4.79 Å². The highest BCUT2D eigenvalue weighted by atomic mass is 16.1. The Balaban J connectivity index is 2.70. The molecule has 0 aromatic heterocycles. The molecule has 3 heteroatoms. The van der Waals surface area contributed by atoms with Crippen LogP contribution in [0.3, 0.4) is 0 Å². The van der Waals surface area contributed by atoms with E-state index in [2.05, 4.69) is 26.1 Å². The first-order valence-electron chi connectivity index (χ1n) is 6.40. The summed E-state index contributed by atoms with van der Waals surface area (Å²) in [5.41, 5.74) is 6.71. The Kier molecular flexibility index (Phi) is 4.91. The Bertz CT molecular complexity index is 381. The molecule has 3 nitrogen and oxygen atoms in total. The van der Waals surface area contributed by atoms with Gasteiger partial charge in [-0.15, -0.1) is 0 Å². The summed E-state index contributed by atoms with van der Waals surface area (Å²) in [6, 6.07) is 9.90. The zero-order valence-electron chi connectivity index (χ0n) is 11.7. The Hall–Kier alpha value is -1.35. The van der Waals surface area contributed by atoms with Crippen molar-refractivity contribution in [2.75, 3.05) is 0 Å². The minimum atomic E-state index is -0.291. The number of hydrogen-bond acceptors (Lipinski definition) is 2. The number of benzene rings is 1. The first kappa shape index (κ1) is 14.7. The largest absolute Gasteiger partial charge is 0.368 e. The quantitative estimate of drug-likeness (QED) is 0.841. The van der Waals surface area contributed by atoms with Gasteiger partial charge in [0.15, 0.2) is 0 Å². The van der Waals surface area contributed by atoms with Gasteiger partial charge in [-0.1, -0.05) is 51.1 Å². The van der Waals surface area contributed by atoms with Crippen molar-refractivity contribution in [1.82, 2.24) is 5.32 Å². The molecule has 0 spiro atoms. The van der Waals surface area contributed by atoms with Crippen molar-refractivity contribution in [3.05, 3.63) is 35.9 Å². The minimum absolute atomic E-state index is 0.0725. The van der Waals surface area contributed by atoms with Crippen molar-refractivity contribution in [1.29, 1.82) is 0 Å². The molecule has 0 heterocycles. The Morgan fingerprint density at radius 3 is 2.28 bits per heavy atom. The third-order valence-corrected chi connectivity index (χ3v) is 2.91. The first-order valence-corrected chi connectivity index (χ1v) is 6.40. The Labute approximate surface area is 110 Å². The van der Waals surface area contributed by atoms with E-state index >= 15 is 0 Å². The van der Waals surface area contributed by atoms with Crippen LogP contribution in [0.25, 0.3) is 0 Å². The van der Waals surface area contributed by atoms with Gasteiger partial charge < -0.3 is 5.73 Å². The van der Waals surface area contributed by atoms with Crippen molar-refractivity contribution in [2.45, 2.75) is 46.2 Å². The van der Waals surface area contributed by atoms with Crippen molar-refractivity contribution >= 4 is 5.91 Å². The summed E-state index contributed by atoms with van der Waals surface area (Å²) in [6.07, 6.45) is 0.736. The third-order valence-electron chi connectivity index (χ3n) is 2.91. The number of carbonyl (C=O) groups is 1. The molecule has 0 radical (unpaired) electrons. The van der Waals surface area contributed by atoms with Crippen LogP contribution in [0.2, 0.25) is 0 Å². The van der Waals surface area contributed by atoms with E-state index < -0.39 is 0 Å². The SMILES string of the molecule is C[C@@H](NC(CC(C)(C)C)C(N)=O)c1ccccc1. The van der Waals surface area contributed by atoms with Crippen LogP contribution >= 0.6 is 0 Å².